The van der Waals surface area contributed by atoms with Crippen molar-refractivity contribution >= 4 is 0 Å². The van der Waals surface area contributed by atoms with Gasteiger partial charge in [-0.1, -0.05) is 0 Å². The fourth-order valence-electron chi connectivity index (χ4n) is 0.806. The number of hydrogen-bond acceptors (Lipinski definition) is 3. The molecule has 0 aliphatic carbocycles. The third kappa shape index (κ3) is 1.79. The molecule has 0 unspecified atom stereocenters. The smallest absolute Gasteiger partial charge is 0.0459 e. The van der Waals surface area contributed by atoms with E-state index in [1.807, 2.05) is 19.1 Å². The molecule has 0 aliphatic rings. The van der Waals surface area contributed by atoms with Crippen LogP contribution in [0.3, 0.4) is 0 Å². The molecule has 2 N–H and O–H groups in total. The van der Waals surface area contributed by atoms with Crippen LogP contribution in [0.4, 0.5) is 0 Å². The molecule has 1 heterocycles. The molecule has 3 heteroatoms. The molecule has 54 valence electrons. The summed E-state index contributed by atoms with van der Waals surface area (Å²) >= 11 is 0. The molecule has 0 amide bonds. The lowest BCUT2D eigenvalue weighted by Gasteiger charge is -1.97. The minimum atomic E-state index is 0.476. The summed E-state index contributed by atoms with van der Waals surface area (Å²) in [6, 6.07) is 3.78. The number of nitrogens with zero attached hydrogens (tertiary/aromatic N) is 1. The van der Waals surface area contributed by atoms with Crippen molar-refractivity contribution in [3.8, 4) is 0 Å². The Morgan fingerprint density at radius 2 is 2.50 bits per heavy atom. The second-order valence-electron chi connectivity index (χ2n) is 2.14. The fraction of sp³-hybridized carbons (Fsp3) is 0.286. The van der Waals surface area contributed by atoms with Crippen LogP contribution < -0.4 is 5.48 Å². The molecule has 0 aromatic carbocycles. The SMILES string of the molecule is Cc1cc(CNO)ccn1. The van der Waals surface area contributed by atoms with Gasteiger partial charge in [0.25, 0.3) is 0 Å². The van der Waals surface area contributed by atoms with E-state index >= 15 is 0 Å². The van der Waals surface area contributed by atoms with E-state index in [1.54, 1.807) is 6.20 Å². The Kier molecular flexibility index (Phi) is 2.36. The van der Waals surface area contributed by atoms with Crippen LogP contribution in [0.25, 0.3) is 0 Å². The van der Waals surface area contributed by atoms with Crippen molar-refractivity contribution in [2.45, 2.75) is 13.5 Å². The molecule has 0 saturated heterocycles. The molecule has 1 rings (SSSR count). The molecule has 1 aromatic heterocycles. The van der Waals surface area contributed by atoms with Crippen molar-refractivity contribution in [1.82, 2.24) is 10.5 Å². The average Bonchev–Trinajstić information content (AvgIpc) is 1.88. The predicted molar refractivity (Wildman–Crippen MR) is 37.6 cm³/mol. The number of hydroxylamine groups is 1. The Balaban J connectivity index is 2.75. The summed E-state index contributed by atoms with van der Waals surface area (Å²) in [5.41, 5.74) is 4.09. The van der Waals surface area contributed by atoms with Crippen LogP contribution >= 0.6 is 0 Å². The largest absolute Gasteiger partial charge is 0.316 e. The van der Waals surface area contributed by atoms with Gasteiger partial charge in [-0.15, -0.1) is 0 Å². The van der Waals surface area contributed by atoms with Gasteiger partial charge in [0.15, 0.2) is 0 Å². The number of hydrogen-bond donors (Lipinski definition) is 2. The molecule has 0 fully saturated rings. The second-order valence-corrected chi connectivity index (χ2v) is 2.14. The Morgan fingerprint density at radius 3 is 3.10 bits per heavy atom. The monoisotopic (exact) mass is 138 g/mol. The maximum absolute atomic E-state index is 8.34. The molecule has 0 saturated carbocycles. The summed E-state index contributed by atoms with van der Waals surface area (Å²) in [4.78, 5) is 4.01. The van der Waals surface area contributed by atoms with Crippen LogP contribution in [0.5, 0.6) is 0 Å². The fourth-order valence-corrected chi connectivity index (χ4v) is 0.806. The third-order valence-electron chi connectivity index (χ3n) is 1.24. The molecular weight excluding hydrogens is 128 g/mol. The maximum Gasteiger partial charge on any atom is 0.0459 e. The third-order valence-corrected chi connectivity index (χ3v) is 1.24. The van der Waals surface area contributed by atoms with Crippen molar-refractivity contribution in [2.75, 3.05) is 0 Å². The normalized spacial score (nSPS) is 9.80. The van der Waals surface area contributed by atoms with E-state index < -0.39 is 0 Å². The van der Waals surface area contributed by atoms with Crippen LogP contribution in [0.1, 0.15) is 11.3 Å². The van der Waals surface area contributed by atoms with Crippen molar-refractivity contribution < 1.29 is 5.21 Å². The van der Waals surface area contributed by atoms with Gasteiger partial charge in [-0.05, 0) is 24.6 Å². The Bertz CT molecular complexity index is 213. The number of pyridine rings is 1. The maximum atomic E-state index is 8.34. The summed E-state index contributed by atoms with van der Waals surface area (Å²) in [5.74, 6) is 0. The molecular formula is C7H10N2O. The Morgan fingerprint density at radius 1 is 1.70 bits per heavy atom. The average molecular weight is 138 g/mol. The van der Waals surface area contributed by atoms with Gasteiger partial charge in [-0.3, -0.25) is 4.98 Å². The molecule has 0 atom stereocenters. The number of aromatic nitrogens is 1. The van der Waals surface area contributed by atoms with E-state index in [0.29, 0.717) is 6.54 Å². The Labute approximate surface area is 59.7 Å². The van der Waals surface area contributed by atoms with Crippen LogP contribution in [-0.4, -0.2) is 10.2 Å². The van der Waals surface area contributed by atoms with Crippen molar-refractivity contribution in [1.29, 1.82) is 0 Å². The molecule has 0 radical (unpaired) electrons. The molecule has 0 spiro atoms. The van der Waals surface area contributed by atoms with Gasteiger partial charge in [-0.2, -0.15) is 0 Å². The molecule has 0 bridgehead atoms. The van der Waals surface area contributed by atoms with Crippen LogP contribution in [0.2, 0.25) is 0 Å². The predicted octanol–water partition coefficient (Wildman–Crippen LogP) is 0.869. The first kappa shape index (κ1) is 7.18. The van der Waals surface area contributed by atoms with Crippen LogP contribution in [0, 0.1) is 6.92 Å². The number of nitrogens with one attached hydrogen (secondary N) is 1. The van der Waals surface area contributed by atoms with E-state index in [2.05, 4.69) is 10.5 Å². The molecule has 3 nitrogen and oxygen atoms in total. The topological polar surface area (TPSA) is 45.1 Å². The van der Waals surface area contributed by atoms with Crippen molar-refractivity contribution in [2.24, 2.45) is 0 Å². The minimum Gasteiger partial charge on any atom is -0.316 e. The zero-order valence-corrected chi connectivity index (χ0v) is 5.83. The van der Waals surface area contributed by atoms with Gasteiger partial charge in [0.1, 0.15) is 0 Å². The minimum absolute atomic E-state index is 0.476. The summed E-state index contributed by atoms with van der Waals surface area (Å²) in [6.07, 6.45) is 1.72. The van der Waals surface area contributed by atoms with E-state index in [-0.39, 0.29) is 0 Å². The van der Waals surface area contributed by atoms with Crippen LogP contribution in [0.15, 0.2) is 18.3 Å². The van der Waals surface area contributed by atoms with Gasteiger partial charge in [0, 0.05) is 18.4 Å². The second kappa shape index (κ2) is 3.29. The summed E-state index contributed by atoms with van der Waals surface area (Å²) in [6.45, 7) is 2.39. The van der Waals surface area contributed by atoms with Crippen molar-refractivity contribution in [3.05, 3.63) is 29.6 Å². The Hall–Kier alpha value is -0.930. The number of aryl methyl sites for hydroxylation is 1. The lowest BCUT2D eigenvalue weighted by molar-refractivity contribution is 0.161. The summed E-state index contributed by atoms with van der Waals surface area (Å²) in [5, 5.41) is 8.34. The van der Waals surface area contributed by atoms with Gasteiger partial charge < -0.3 is 5.21 Å². The highest BCUT2D eigenvalue weighted by atomic mass is 16.5. The van der Waals surface area contributed by atoms with Gasteiger partial charge in [-0.25, -0.2) is 5.48 Å². The van der Waals surface area contributed by atoms with E-state index in [0.717, 1.165) is 11.3 Å². The summed E-state index contributed by atoms with van der Waals surface area (Å²) < 4.78 is 0. The van der Waals surface area contributed by atoms with Crippen molar-refractivity contribution in [3.63, 3.8) is 0 Å². The zero-order valence-electron chi connectivity index (χ0n) is 5.83. The zero-order chi connectivity index (χ0) is 7.40. The van der Waals surface area contributed by atoms with Crippen LogP contribution in [-0.2, 0) is 6.54 Å². The number of rotatable bonds is 2. The molecule has 10 heavy (non-hydrogen) atoms. The lowest BCUT2D eigenvalue weighted by Crippen LogP contribution is -2.06. The highest BCUT2D eigenvalue weighted by Crippen LogP contribution is 1.98. The molecule has 1 aromatic rings. The van der Waals surface area contributed by atoms with Gasteiger partial charge in [0.05, 0.1) is 0 Å². The summed E-state index contributed by atoms with van der Waals surface area (Å²) in [7, 11) is 0. The first-order valence-electron chi connectivity index (χ1n) is 3.11. The standard InChI is InChI=1S/C7H10N2O/c1-6-4-7(5-9-10)2-3-8-6/h2-4,9-10H,5H2,1H3. The lowest BCUT2D eigenvalue weighted by atomic mass is 10.2. The van der Waals surface area contributed by atoms with Gasteiger partial charge >= 0.3 is 0 Å². The first-order valence-corrected chi connectivity index (χ1v) is 3.11. The highest BCUT2D eigenvalue weighted by molar-refractivity contribution is 5.14. The highest BCUT2D eigenvalue weighted by Gasteiger charge is 1.90. The van der Waals surface area contributed by atoms with Gasteiger partial charge in [0.2, 0.25) is 0 Å². The van der Waals surface area contributed by atoms with E-state index in [4.69, 9.17) is 5.21 Å². The van der Waals surface area contributed by atoms with E-state index in [9.17, 15) is 0 Å². The molecule has 0 aliphatic heterocycles. The quantitative estimate of drug-likeness (QED) is 0.596. The first-order chi connectivity index (χ1) is 4.83. The van der Waals surface area contributed by atoms with E-state index in [1.165, 1.54) is 0 Å².